The molecule has 5 heterocycles. The number of nitrogens with zero attached hydrogens (tertiary/aromatic N) is 2. The van der Waals surface area contributed by atoms with Crippen molar-refractivity contribution in [2.75, 3.05) is 25.1 Å². The molecule has 2 amide bonds. The number of ether oxygens (including phenoxy) is 3. The van der Waals surface area contributed by atoms with Gasteiger partial charge in [-0.25, -0.2) is 0 Å². The Labute approximate surface area is 178 Å². The van der Waals surface area contributed by atoms with Crippen LogP contribution >= 0.6 is 0 Å². The minimum absolute atomic E-state index is 0.0500. The van der Waals surface area contributed by atoms with E-state index in [0.29, 0.717) is 43.5 Å². The Balaban J connectivity index is 1.23. The number of anilines is 1. The average molecular weight is 419 g/mol. The van der Waals surface area contributed by atoms with E-state index in [1.807, 2.05) is 24.3 Å². The van der Waals surface area contributed by atoms with Crippen molar-refractivity contribution in [3.8, 4) is 11.5 Å². The molecule has 2 saturated heterocycles. The Morgan fingerprint density at radius 2 is 1.97 bits per heavy atom. The maximum atomic E-state index is 13.3. The molecule has 1 spiro atoms. The van der Waals surface area contributed by atoms with Crippen molar-refractivity contribution in [3.05, 3.63) is 60.4 Å². The number of amides is 2. The molecule has 4 atom stereocenters. The molecular formula is C23H21N3O5. The summed E-state index contributed by atoms with van der Waals surface area (Å²) in [5.74, 6) is -0.116. The minimum atomic E-state index is -0.733. The molecule has 31 heavy (non-hydrogen) atoms. The molecule has 2 unspecified atom stereocenters. The number of carbonyl (C=O) groups is 2. The fourth-order valence-electron chi connectivity index (χ4n) is 5.07. The molecule has 2 bridgehead atoms. The number of hydrogen-bond donors (Lipinski definition) is 1. The van der Waals surface area contributed by atoms with Crippen LogP contribution in [0.15, 0.2) is 54.9 Å². The van der Waals surface area contributed by atoms with Crippen molar-refractivity contribution in [2.45, 2.75) is 18.2 Å². The summed E-state index contributed by atoms with van der Waals surface area (Å²) in [5, 5.41) is 2.95. The van der Waals surface area contributed by atoms with Crippen molar-refractivity contribution in [1.82, 2.24) is 9.88 Å². The summed E-state index contributed by atoms with van der Waals surface area (Å²) < 4.78 is 17.3. The third kappa shape index (κ3) is 2.90. The van der Waals surface area contributed by atoms with Gasteiger partial charge in [0.1, 0.15) is 18.8 Å². The Bertz CT molecular complexity index is 1090. The van der Waals surface area contributed by atoms with Gasteiger partial charge in [-0.2, -0.15) is 0 Å². The summed E-state index contributed by atoms with van der Waals surface area (Å²) in [6.45, 7) is 1.89. The molecule has 8 heteroatoms. The van der Waals surface area contributed by atoms with Crippen molar-refractivity contribution in [2.24, 2.45) is 11.8 Å². The molecule has 1 aromatic heterocycles. The Morgan fingerprint density at radius 1 is 1.16 bits per heavy atom. The molecule has 158 valence electrons. The zero-order valence-corrected chi connectivity index (χ0v) is 16.7. The van der Waals surface area contributed by atoms with Crippen LogP contribution in [0, 0.1) is 11.8 Å². The van der Waals surface area contributed by atoms with E-state index in [1.165, 1.54) is 0 Å². The minimum Gasteiger partial charge on any atom is -0.486 e. The first-order valence-electron chi connectivity index (χ1n) is 10.4. The molecule has 0 aliphatic carbocycles. The highest BCUT2D eigenvalue weighted by molar-refractivity contribution is 5.99. The van der Waals surface area contributed by atoms with Gasteiger partial charge in [0.2, 0.25) is 11.8 Å². The fraction of sp³-hybridized carbons (Fsp3) is 0.348. The maximum absolute atomic E-state index is 13.3. The second kappa shape index (κ2) is 6.81. The first-order chi connectivity index (χ1) is 15.1. The van der Waals surface area contributed by atoms with E-state index in [4.69, 9.17) is 14.2 Å². The van der Waals surface area contributed by atoms with Gasteiger partial charge in [0.15, 0.2) is 11.5 Å². The van der Waals surface area contributed by atoms with Gasteiger partial charge in [-0.1, -0.05) is 12.2 Å². The molecule has 6 rings (SSSR count). The number of hydrogen-bond acceptors (Lipinski definition) is 6. The monoisotopic (exact) mass is 419 g/mol. The predicted octanol–water partition coefficient (Wildman–Crippen LogP) is 1.77. The van der Waals surface area contributed by atoms with Crippen LogP contribution in [-0.2, 0) is 20.9 Å². The number of rotatable bonds is 4. The van der Waals surface area contributed by atoms with E-state index < -0.39 is 23.5 Å². The largest absolute Gasteiger partial charge is 0.486 e. The van der Waals surface area contributed by atoms with Crippen LogP contribution in [0.1, 0.15) is 5.56 Å². The summed E-state index contributed by atoms with van der Waals surface area (Å²) in [7, 11) is 0. The SMILES string of the molecule is O=C(Nc1ccc2c(c1)OCCO2)C1C2C(=O)N(Cc3ccncc3)C[C@]23C=C[C@@H]1O3. The second-order valence-corrected chi connectivity index (χ2v) is 8.30. The van der Waals surface area contributed by atoms with E-state index in [1.54, 1.807) is 35.5 Å². The van der Waals surface area contributed by atoms with E-state index in [2.05, 4.69) is 10.3 Å². The molecule has 1 N–H and O–H groups in total. The fourth-order valence-corrected chi connectivity index (χ4v) is 5.07. The number of fused-ring (bicyclic) bond motifs is 2. The molecule has 8 nitrogen and oxygen atoms in total. The van der Waals surface area contributed by atoms with Gasteiger partial charge in [-0.05, 0) is 29.8 Å². The summed E-state index contributed by atoms with van der Waals surface area (Å²) >= 11 is 0. The normalized spacial score (nSPS) is 29.9. The van der Waals surface area contributed by atoms with Crippen molar-refractivity contribution in [3.63, 3.8) is 0 Å². The third-order valence-electron chi connectivity index (χ3n) is 6.41. The number of aromatic nitrogens is 1. The van der Waals surface area contributed by atoms with Crippen LogP contribution in [0.3, 0.4) is 0 Å². The highest BCUT2D eigenvalue weighted by atomic mass is 16.6. The second-order valence-electron chi connectivity index (χ2n) is 8.30. The van der Waals surface area contributed by atoms with Crippen LogP contribution in [0.4, 0.5) is 5.69 Å². The molecule has 0 saturated carbocycles. The van der Waals surface area contributed by atoms with E-state index in [9.17, 15) is 9.59 Å². The van der Waals surface area contributed by atoms with Gasteiger partial charge in [0, 0.05) is 30.7 Å². The molecule has 2 fully saturated rings. The zero-order chi connectivity index (χ0) is 21.0. The van der Waals surface area contributed by atoms with Crippen molar-refractivity contribution in [1.29, 1.82) is 0 Å². The summed E-state index contributed by atoms with van der Waals surface area (Å²) in [6.07, 6.45) is 6.89. The lowest BCUT2D eigenvalue weighted by atomic mass is 9.77. The van der Waals surface area contributed by atoms with E-state index in [-0.39, 0.29) is 11.8 Å². The maximum Gasteiger partial charge on any atom is 0.231 e. The summed E-state index contributed by atoms with van der Waals surface area (Å²) in [4.78, 5) is 32.4. The van der Waals surface area contributed by atoms with Crippen molar-refractivity contribution >= 4 is 17.5 Å². The number of likely N-dealkylation sites (tertiary alicyclic amines) is 1. The predicted molar refractivity (Wildman–Crippen MR) is 109 cm³/mol. The molecule has 2 aromatic rings. The van der Waals surface area contributed by atoms with Crippen LogP contribution < -0.4 is 14.8 Å². The molecule has 4 aliphatic rings. The first-order valence-corrected chi connectivity index (χ1v) is 10.4. The lowest BCUT2D eigenvalue weighted by Crippen LogP contribution is -2.41. The van der Waals surface area contributed by atoms with Gasteiger partial charge in [0.25, 0.3) is 0 Å². The van der Waals surface area contributed by atoms with Crippen LogP contribution in [-0.4, -0.2) is 53.2 Å². The lowest BCUT2D eigenvalue weighted by molar-refractivity contribution is -0.136. The summed E-state index contributed by atoms with van der Waals surface area (Å²) in [5.41, 5.74) is 0.869. The Hall–Kier alpha value is -3.39. The van der Waals surface area contributed by atoms with Crippen LogP contribution in [0.25, 0.3) is 0 Å². The number of carbonyl (C=O) groups excluding carboxylic acids is 2. The quantitative estimate of drug-likeness (QED) is 0.760. The number of benzene rings is 1. The summed E-state index contributed by atoms with van der Waals surface area (Å²) in [6, 6.07) is 9.08. The van der Waals surface area contributed by atoms with Gasteiger partial charge >= 0.3 is 0 Å². The number of pyridine rings is 1. The average Bonchev–Trinajstić information content (AvgIpc) is 3.43. The first kappa shape index (κ1) is 18.4. The standard InChI is InChI=1S/C23H21N3O5/c27-21(25-15-1-2-16-18(11-15)30-10-9-29-16)19-17-3-6-23(31-17)13-26(22(28)20(19)23)12-14-4-7-24-8-5-14/h1-8,11,17,19-20H,9-10,12-13H2,(H,25,27)/t17-,19?,20?,23+/m0/s1. The molecule has 0 radical (unpaired) electrons. The molecule has 4 aliphatic heterocycles. The van der Waals surface area contributed by atoms with Gasteiger partial charge in [-0.3, -0.25) is 14.6 Å². The van der Waals surface area contributed by atoms with Crippen LogP contribution in [0.2, 0.25) is 0 Å². The molecule has 1 aromatic carbocycles. The smallest absolute Gasteiger partial charge is 0.231 e. The third-order valence-corrected chi connectivity index (χ3v) is 6.41. The highest BCUT2D eigenvalue weighted by Gasteiger charge is 2.66. The lowest BCUT2D eigenvalue weighted by Gasteiger charge is -2.24. The topological polar surface area (TPSA) is 90.0 Å². The van der Waals surface area contributed by atoms with Crippen molar-refractivity contribution < 1.29 is 23.8 Å². The van der Waals surface area contributed by atoms with E-state index >= 15 is 0 Å². The molecular weight excluding hydrogens is 398 g/mol. The van der Waals surface area contributed by atoms with Gasteiger partial charge in [0.05, 0.1) is 24.5 Å². The number of nitrogens with one attached hydrogen (secondary N) is 1. The van der Waals surface area contributed by atoms with Gasteiger partial charge in [-0.15, -0.1) is 0 Å². The van der Waals surface area contributed by atoms with Crippen LogP contribution in [0.5, 0.6) is 11.5 Å². The Kier molecular flexibility index (Phi) is 4.04. The van der Waals surface area contributed by atoms with Gasteiger partial charge < -0.3 is 24.4 Å². The zero-order valence-electron chi connectivity index (χ0n) is 16.7. The highest BCUT2D eigenvalue weighted by Crippen LogP contribution is 2.52. The van der Waals surface area contributed by atoms with E-state index in [0.717, 1.165) is 5.56 Å². The Morgan fingerprint density at radius 3 is 2.81 bits per heavy atom.